The van der Waals surface area contributed by atoms with E-state index in [1.165, 1.54) is 0 Å². The molecule has 0 aliphatic heterocycles. The Balaban J connectivity index is 2.90. The highest BCUT2D eigenvalue weighted by Gasteiger charge is 2.13. The molecule has 0 spiro atoms. The predicted molar refractivity (Wildman–Crippen MR) is 55.3 cm³/mol. The van der Waals surface area contributed by atoms with E-state index in [-0.39, 0.29) is 6.61 Å². The van der Waals surface area contributed by atoms with Gasteiger partial charge >= 0.3 is 10.3 Å². The van der Waals surface area contributed by atoms with Crippen LogP contribution in [-0.4, -0.2) is 18.2 Å². The van der Waals surface area contributed by atoms with E-state index >= 15 is 0 Å². The lowest BCUT2D eigenvalue weighted by Gasteiger charge is -2.02. The lowest BCUT2D eigenvalue weighted by atomic mass is 10.2. The molecule has 1 rings (SSSR count). The predicted octanol–water partition coefficient (Wildman–Crippen LogP) is 0.240. The van der Waals surface area contributed by atoms with Crippen molar-refractivity contribution < 1.29 is 12.6 Å². The van der Waals surface area contributed by atoms with Gasteiger partial charge in [0.1, 0.15) is 0 Å². The first kappa shape index (κ1) is 12.2. The van der Waals surface area contributed by atoms with Gasteiger partial charge in [0.2, 0.25) is 0 Å². The number of aromatic nitrogens is 2. The summed E-state index contributed by atoms with van der Waals surface area (Å²) in [7, 11) is -3.89. The monoisotopic (exact) mass is 233 g/mol. The van der Waals surface area contributed by atoms with Crippen molar-refractivity contribution in [3.63, 3.8) is 0 Å². The first-order valence-electron chi connectivity index (χ1n) is 4.55. The van der Waals surface area contributed by atoms with Gasteiger partial charge in [0.05, 0.1) is 12.3 Å². The maximum atomic E-state index is 10.6. The summed E-state index contributed by atoms with van der Waals surface area (Å²) in [4.78, 5) is 0. The second-order valence-corrected chi connectivity index (χ2v) is 4.44. The fourth-order valence-electron chi connectivity index (χ4n) is 1.39. The minimum atomic E-state index is -3.89. The SMILES string of the molecule is CCn1nc(C)c(COS(N)(=O)=O)c1C. The van der Waals surface area contributed by atoms with Crippen molar-refractivity contribution in [2.75, 3.05) is 0 Å². The molecular formula is C8H15N3O3S. The molecular weight excluding hydrogens is 218 g/mol. The number of aryl methyl sites for hydroxylation is 2. The number of nitrogens with two attached hydrogens (primary N) is 1. The van der Waals surface area contributed by atoms with Crippen molar-refractivity contribution in [3.8, 4) is 0 Å². The Morgan fingerprint density at radius 2 is 2.07 bits per heavy atom. The largest absolute Gasteiger partial charge is 0.333 e. The van der Waals surface area contributed by atoms with Crippen molar-refractivity contribution in [2.24, 2.45) is 5.14 Å². The molecule has 1 aromatic rings. The first-order chi connectivity index (χ1) is 6.85. The summed E-state index contributed by atoms with van der Waals surface area (Å²) in [5.74, 6) is 0. The molecule has 0 aliphatic rings. The van der Waals surface area contributed by atoms with Crippen LogP contribution in [0.2, 0.25) is 0 Å². The number of hydrogen-bond acceptors (Lipinski definition) is 4. The molecule has 86 valence electrons. The molecule has 0 aromatic carbocycles. The van der Waals surface area contributed by atoms with Crippen LogP contribution in [0.4, 0.5) is 0 Å². The maximum Gasteiger partial charge on any atom is 0.333 e. The minimum Gasteiger partial charge on any atom is -0.270 e. The molecule has 0 saturated heterocycles. The summed E-state index contributed by atoms with van der Waals surface area (Å²) in [5, 5.41) is 8.98. The van der Waals surface area contributed by atoms with Crippen molar-refractivity contribution in [3.05, 3.63) is 17.0 Å². The fourth-order valence-corrected chi connectivity index (χ4v) is 1.67. The van der Waals surface area contributed by atoms with E-state index in [2.05, 4.69) is 9.28 Å². The van der Waals surface area contributed by atoms with Gasteiger partial charge in [0.25, 0.3) is 0 Å². The van der Waals surface area contributed by atoms with Gasteiger partial charge in [-0.2, -0.15) is 13.5 Å². The van der Waals surface area contributed by atoms with Crippen molar-refractivity contribution in [2.45, 2.75) is 33.9 Å². The minimum absolute atomic E-state index is 0.0590. The maximum absolute atomic E-state index is 10.6. The van der Waals surface area contributed by atoms with Gasteiger partial charge in [0, 0.05) is 17.8 Å². The molecule has 15 heavy (non-hydrogen) atoms. The molecule has 0 aliphatic carbocycles. The molecule has 0 amide bonds. The van der Waals surface area contributed by atoms with Crippen LogP contribution in [0.15, 0.2) is 0 Å². The van der Waals surface area contributed by atoms with Gasteiger partial charge in [0.15, 0.2) is 0 Å². The fraction of sp³-hybridized carbons (Fsp3) is 0.625. The van der Waals surface area contributed by atoms with E-state index in [0.29, 0.717) is 0 Å². The first-order valence-corrected chi connectivity index (χ1v) is 6.02. The van der Waals surface area contributed by atoms with Crippen LogP contribution in [0.3, 0.4) is 0 Å². The molecule has 0 atom stereocenters. The molecule has 0 saturated carbocycles. The highest BCUT2D eigenvalue weighted by Crippen LogP contribution is 2.14. The normalized spacial score (nSPS) is 12.0. The highest BCUT2D eigenvalue weighted by atomic mass is 32.2. The zero-order chi connectivity index (χ0) is 11.6. The zero-order valence-electron chi connectivity index (χ0n) is 9.02. The molecule has 0 radical (unpaired) electrons. The van der Waals surface area contributed by atoms with E-state index in [0.717, 1.165) is 23.5 Å². The third kappa shape index (κ3) is 3.01. The van der Waals surface area contributed by atoms with Gasteiger partial charge < -0.3 is 0 Å². The van der Waals surface area contributed by atoms with Crippen LogP contribution >= 0.6 is 0 Å². The zero-order valence-corrected chi connectivity index (χ0v) is 9.84. The second kappa shape index (κ2) is 4.30. The standard InChI is InChI=1S/C8H15N3O3S/c1-4-11-7(3)8(6(2)10-11)5-14-15(9,12)13/h4-5H2,1-3H3,(H2,9,12,13). The number of hydrogen-bond donors (Lipinski definition) is 1. The average molecular weight is 233 g/mol. The van der Waals surface area contributed by atoms with E-state index in [4.69, 9.17) is 5.14 Å². The lowest BCUT2D eigenvalue weighted by Crippen LogP contribution is -2.16. The van der Waals surface area contributed by atoms with Crippen LogP contribution in [0, 0.1) is 13.8 Å². The summed E-state index contributed by atoms with van der Waals surface area (Å²) >= 11 is 0. The Kier molecular flexibility index (Phi) is 3.48. The van der Waals surface area contributed by atoms with Crippen LogP contribution < -0.4 is 5.14 Å². The van der Waals surface area contributed by atoms with Gasteiger partial charge in [-0.05, 0) is 20.8 Å². The van der Waals surface area contributed by atoms with Gasteiger partial charge in [-0.3, -0.25) is 8.86 Å². The molecule has 0 bridgehead atoms. The Labute approximate surface area is 89.3 Å². The molecule has 6 nitrogen and oxygen atoms in total. The molecule has 0 fully saturated rings. The summed E-state index contributed by atoms with van der Waals surface area (Å²) in [6.45, 7) is 6.31. The van der Waals surface area contributed by atoms with Crippen LogP contribution in [-0.2, 0) is 27.6 Å². The number of nitrogens with zero attached hydrogens (tertiary/aromatic N) is 2. The van der Waals surface area contributed by atoms with Gasteiger partial charge in [-0.25, -0.2) is 5.14 Å². The highest BCUT2D eigenvalue weighted by molar-refractivity contribution is 7.84. The third-order valence-corrected chi connectivity index (χ3v) is 2.64. The van der Waals surface area contributed by atoms with E-state index in [1.807, 2.05) is 13.8 Å². The Hall–Kier alpha value is -0.920. The Morgan fingerprint density at radius 3 is 2.47 bits per heavy atom. The summed E-state index contributed by atoms with van der Waals surface area (Å²) in [6.07, 6.45) is 0. The average Bonchev–Trinajstić information content (AvgIpc) is 2.37. The smallest absolute Gasteiger partial charge is 0.270 e. The number of rotatable bonds is 4. The molecule has 2 N–H and O–H groups in total. The van der Waals surface area contributed by atoms with Crippen molar-refractivity contribution in [1.29, 1.82) is 0 Å². The van der Waals surface area contributed by atoms with Gasteiger partial charge in [-0.15, -0.1) is 0 Å². The summed E-state index contributed by atoms with van der Waals surface area (Å²) < 4.78 is 27.6. The molecule has 1 aromatic heterocycles. The van der Waals surface area contributed by atoms with Crippen LogP contribution in [0.25, 0.3) is 0 Å². The summed E-state index contributed by atoms with van der Waals surface area (Å²) in [6, 6.07) is 0. The van der Waals surface area contributed by atoms with E-state index in [1.54, 1.807) is 11.6 Å². The Bertz CT molecular complexity index is 450. The van der Waals surface area contributed by atoms with E-state index in [9.17, 15) is 8.42 Å². The molecule has 7 heteroatoms. The lowest BCUT2D eigenvalue weighted by molar-refractivity contribution is 0.307. The van der Waals surface area contributed by atoms with Crippen molar-refractivity contribution in [1.82, 2.24) is 9.78 Å². The van der Waals surface area contributed by atoms with Crippen molar-refractivity contribution >= 4 is 10.3 Å². The summed E-state index contributed by atoms with van der Waals surface area (Å²) in [5.41, 5.74) is 2.43. The molecule has 1 heterocycles. The van der Waals surface area contributed by atoms with E-state index < -0.39 is 10.3 Å². The quantitative estimate of drug-likeness (QED) is 0.807. The van der Waals surface area contributed by atoms with Crippen LogP contribution in [0.5, 0.6) is 0 Å². The van der Waals surface area contributed by atoms with Gasteiger partial charge in [-0.1, -0.05) is 0 Å². The van der Waals surface area contributed by atoms with Crippen LogP contribution in [0.1, 0.15) is 23.9 Å². The second-order valence-electron chi connectivity index (χ2n) is 3.22. The molecule has 0 unspecified atom stereocenters. The Morgan fingerprint density at radius 1 is 1.47 bits per heavy atom. The topological polar surface area (TPSA) is 87.2 Å². The third-order valence-electron chi connectivity index (χ3n) is 2.20.